The summed E-state index contributed by atoms with van der Waals surface area (Å²) in [5.41, 5.74) is 1.73. The van der Waals surface area contributed by atoms with Crippen molar-refractivity contribution in [2.45, 2.75) is 43.7 Å². The number of fused-ring (bicyclic) bond motifs is 4. The maximum Gasteiger partial charge on any atom is 0.272 e. The Morgan fingerprint density at radius 1 is 1.38 bits per heavy atom. The summed E-state index contributed by atoms with van der Waals surface area (Å²) in [6.45, 7) is 0. The number of aliphatic hydroxyl groups excluding tert-OH is 1. The quantitative estimate of drug-likeness (QED) is 0.518. The van der Waals surface area contributed by atoms with Crippen molar-refractivity contribution in [2.24, 2.45) is 0 Å². The first kappa shape index (κ1) is 16.1. The molecular formula is C17H21N6O2S+. The van der Waals surface area contributed by atoms with Gasteiger partial charge in [0.15, 0.2) is 12.5 Å². The molecule has 3 aromatic rings. The van der Waals surface area contributed by atoms with Gasteiger partial charge in [-0.05, 0) is 19.3 Å². The third-order valence-corrected chi connectivity index (χ3v) is 6.68. The van der Waals surface area contributed by atoms with Crippen LogP contribution in [-0.4, -0.2) is 40.1 Å². The minimum atomic E-state index is -0.654. The van der Waals surface area contributed by atoms with E-state index in [-0.39, 0.29) is 23.7 Å². The van der Waals surface area contributed by atoms with E-state index in [0.717, 1.165) is 40.7 Å². The fourth-order valence-corrected chi connectivity index (χ4v) is 5.41. The molecule has 8 nitrogen and oxygen atoms in total. The molecule has 136 valence electrons. The minimum Gasteiger partial charge on any atom is -0.387 e. The van der Waals surface area contributed by atoms with Gasteiger partial charge >= 0.3 is 0 Å². The molecule has 1 saturated carbocycles. The average Bonchev–Trinajstić information content (AvgIpc) is 3.21. The van der Waals surface area contributed by atoms with Crippen molar-refractivity contribution >= 4 is 37.5 Å². The number of hydrogen-bond donors (Lipinski definition) is 4. The van der Waals surface area contributed by atoms with Crippen molar-refractivity contribution in [2.75, 3.05) is 12.4 Å². The van der Waals surface area contributed by atoms with Crippen LogP contribution in [-0.2, 0) is 0 Å². The zero-order chi connectivity index (χ0) is 17.8. The van der Waals surface area contributed by atoms with Crippen LogP contribution in [0.2, 0.25) is 0 Å². The van der Waals surface area contributed by atoms with Crippen LogP contribution in [0.3, 0.4) is 0 Å². The summed E-state index contributed by atoms with van der Waals surface area (Å²) in [5.74, 6) is 0. The second-order valence-corrected chi connectivity index (χ2v) is 8.02. The third-order valence-electron chi connectivity index (χ3n) is 5.59. The van der Waals surface area contributed by atoms with Gasteiger partial charge in [0.25, 0.3) is 10.4 Å². The summed E-state index contributed by atoms with van der Waals surface area (Å²) in [6, 6.07) is 2.49. The summed E-state index contributed by atoms with van der Waals surface area (Å²) in [6.07, 6.45) is 5.53. The van der Waals surface area contributed by atoms with Crippen molar-refractivity contribution in [1.82, 2.24) is 20.2 Å². The Kier molecular flexibility index (Phi) is 3.71. The number of anilines is 1. The number of H-pyrrole nitrogens is 1. The number of nitrogens with one attached hydrogen (secondary N) is 4. The molecule has 2 fully saturated rings. The molecule has 1 aliphatic carbocycles. The van der Waals surface area contributed by atoms with E-state index in [1.54, 1.807) is 10.9 Å². The van der Waals surface area contributed by atoms with Gasteiger partial charge in [0.2, 0.25) is 0 Å². The van der Waals surface area contributed by atoms with E-state index in [2.05, 4.69) is 25.9 Å². The van der Waals surface area contributed by atoms with Gasteiger partial charge in [-0.15, -0.1) is 0 Å². The van der Waals surface area contributed by atoms with E-state index in [9.17, 15) is 9.90 Å². The lowest BCUT2D eigenvalue weighted by molar-refractivity contribution is -0.341. The first-order valence-corrected chi connectivity index (χ1v) is 9.69. The lowest BCUT2D eigenvalue weighted by Crippen LogP contribution is -2.42. The second kappa shape index (κ2) is 5.98. The average molecular weight is 373 g/mol. The number of pyridine rings is 1. The van der Waals surface area contributed by atoms with Gasteiger partial charge in [-0.25, -0.2) is 9.97 Å². The van der Waals surface area contributed by atoms with Crippen LogP contribution in [0.5, 0.6) is 0 Å². The highest BCUT2D eigenvalue weighted by Gasteiger charge is 2.38. The molecule has 0 amide bonds. The van der Waals surface area contributed by atoms with E-state index in [1.807, 2.05) is 19.3 Å². The van der Waals surface area contributed by atoms with E-state index in [1.165, 1.54) is 11.3 Å². The maximum absolute atomic E-state index is 13.2. The first-order valence-electron chi connectivity index (χ1n) is 8.87. The Morgan fingerprint density at radius 2 is 2.23 bits per heavy atom. The molecule has 0 bridgehead atoms. The fraction of sp³-hybridized carbons (Fsp3) is 0.471. The predicted molar refractivity (Wildman–Crippen MR) is 100 cm³/mol. The van der Waals surface area contributed by atoms with Crippen molar-refractivity contribution in [3.05, 3.63) is 28.9 Å². The number of hydrogen-bond acceptors (Lipinski definition) is 7. The molecule has 4 unspecified atom stereocenters. The van der Waals surface area contributed by atoms with Crippen LogP contribution < -0.4 is 26.5 Å². The van der Waals surface area contributed by atoms with Gasteiger partial charge in [-0.1, -0.05) is 11.3 Å². The lowest BCUT2D eigenvalue weighted by Gasteiger charge is -2.31. The Balaban J connectivity index is 1.59. The molecule has 2 aliphatic rings. The Bertz CT molecular complexity index is 1050. The van der Waals surface area contributed by atoms with E-state index < -0.39 is 6.35 Å². The highest BCUT2D eigenvalue weighted by Crippen LogP contribution is 2.34. The van der Waals surface area contributed by atoms with Crippen molar-refractivity contribution < 1.29 is 10.1 Å². The zero-order valence-corrected chi connectivity index (χ0v) is 15.1. The van der Waals surface area contributed by atoms with Crippen LogP contribution >= 0.6 is 11.3 Å². The van der Waals surface area contributed by atoms with Gasteiger partial charge in [0.05, 0.1) is 12.0 Å². The monoisotopic (exact) mass is 373 g/mol. The highest BCUT2D eigenvalue weighted by molar-refractivity contribution is 7.25. The van der Waals surface area contributed by atoms with Crippen molar-refractivity contribution in [3.8, 4) is 0 Å². The van der Waals surface area contributed by atoms with Crippen LogP contribution in [0.4, 0.5) is 5.69 Å². The summed E-state index contributed by atoms with van der Waals surface area (Å²) < 4.78 is 2.46. The molecule has 1 saturated heterocycles. The molecule has 4 heterocycles. The summed E-state index contributed by atoms with van der Waals surface area (Å²) in [5, 5.41) is 20.2. The van der Waals surface area contributed by atoms with Crippen LogP contribution in [0.25, 0.3) is 20.4 Å². The smallest absolute Gasteiger partial charge is 0.272 e. The van der Waals surface area contributed by atoms with E-state index in [4.69, 9.17) is 0 Å². The second-order valence-electron chi connectivity index (χ2n) is 7.00. The molecule has 4 atom stereocenters. The molecule has 0 spiro atoms. The topological polar surface area (TPSA) is 105 Å². The fourth-order valence-electron chi connectivity index (χ4n) is 4.32. The Morgan fingerprint density at radius 3 is 3.08 bits per heavy atom. The molecule has 1 aliphatic heterocycles. The molecular weight excluding hydrogens is 352 g/mol. The minimum absolute atomic E-state index is 0.0154. The molecule has 5 N–H and O–H groups in total. The van der Waals surface area contributed by atoms with Gasteiger partial charge in [-0.3, -0.25) is 20.0 Å². The van der Waals surface area contributed by atoms with Crippen LogP contribution in [0.1, 0.15) is 25.3 Å². The molecule has 5 rings (SSSR count). The number of aliphatic hydroxyl groups is 1. The van der Waals surface area contributed by atoms with Gasteiger partial charge in [-0.2, -0.15) is 0 Å². The van der Waals surface area contributed by atoms with Gasteiger partial charge in [0.1, 0.15) is 15.6 Å². The molecule has 3 aromatic heterocycles. The van der Waals surface area contributed by atoms with Crippen molar-refractivity contribution in [1.29, 1.82) is 0 Å². The number of thiophene rings is 1. The summed E-state index contributed by atoms with van der Waals surface area (Å²) >= 11 is 1.46. The number of nitrogens with zero attached hydrogens (tertiary/aromatic N) is 2. The summed E-state index contributed by atoms with van der Waals surface area (Å²) in [4.78, 5) is 22.0. The molecule has 9 heteroatoms. The maximum atomic E-state index is 13.2. The third kappa shape index (κ3) is 2.35. The molecule has 0 aromatic carbocycles. The highest BCUT2D eigenvalue weighted by atomic mass is 32.1. The lowest BCUT2D eigenvalue weighted by atomic mass is 9.87. The SMILES string of the molecule is CNc1cc[nH+]c2sc3c(=O)n(C4CCC5NC(O)NC5C4)cnc3c12. The largest absolute Gasteiger partial charge is 0.387 e. The number of aromatic amines is 1. The predicted octanol–water partition coefficient (Wildman–Crippen LogP) is 0.398. The molecule has 26 heavy (non-hydrogen) atoms. The molecule has 0 radical (unpaired) electrons. The van der Waals surface area contributed by atoms with Crippen LogP contribution in [0, 0.1) is 0 Å². The van der Waals surface area contributed by atoms with E-state index in [0.29, 0.717) is 4.70 Å². The normalized spacial score (nSPS) is 28.5. The Labute approximate surface area is 153 Å². The van der Waals surface area contributed by atoms with Crippen LogP contribution in [0.15, 0.2) is 23.4 Å². The standard InChI is InChI=1S/C17H20N6O2S/c1-18-10-4-5-19-15-12(10)13-14(26-15)16(24)23(7-20-13)8-2-3-9-11(6-8)22-17(25)21-9/h4-5,7-9,11,17,21-22,25H,2-3,6H2,1H3,(H,18,19)/p+1. The first-order chi connectivity index (χ1) is 12.7. The van der Waals surface area contributed by atoms with Gasteiger partial charge < -0.3 is 10.4 Å². The van der Waals surface area contributed by atoms with Crippen molar-refractivity contribution in [3.63, 3.8) is 0 Å². The van der Waals surface area contributed by atoms with E-state index >= 15 is 0 Å². The van der Waals surface area contributed by atoms with Gasteiger partial charge in [0, 0.05) is 31.2 Å². The number of rotatable bonds is 2. The number of aromatic nitrogens is 3. The summed E-state index contributed by atoms with van der Waals surface area (Å²) in [7, 11) is 1.87. The Hall–Kier alpha value is -2.07. The zero-order valence-electron chi connectivity index (χ0n) is 14.3.